The fourth-order valence-corrected chi connectivity index (χ4v) is 0.865. The summed E-state index contributed by atoms with van der Waals surface area (Å²) >= 11 is 0. The molecule has 0 aliphatic heterocycles. The Morgan fingerprint density at radius 1 is 1.20 bits per heavy atom. The van der Waals surface area contributed by atoms with Gasteiger partial charge in [-0.05, 0) is 0 Å². The molecule has 0 saturated carbocycles. The molecule has 0 rings (SSSR count). The molecule has 0 fully saturated rings. The topological polar surface area (TPSA) is 127 Å². The van der Waals surface area contributed by atoms with Crippen LogP contribution in [-0.2, 0) is 14.4 Å². The Bertz CT molecular complexity index is 254. The van der Waals surface area contributed by atoms with Crippen molar-refractivity contribution < 1.29 is 14.4 Å². The average Bonchev–Trinajstić information content (AvgIpc) is 2.10. The first-order valence-electron chi connectivity index (χ1n) is 4.49. The highest BCUT2D eigenvalue weighted by Crippen LogP contribution is 1.85. The number of primary amides is 1. The lowest BCUT2D eigenvalue weighted by Gasteiger charge is -2.10. The van der Waals surface area contributed by atoms with Crippen molar-refractivity contribution in [3.8, 4) is 0 Å². The van der Waals surface area contributed by atoms with E-state index in [1.807, 2.05) is 0 Å². The molecule has 15 heavy (non-hydrogen) atoms. The highest BCUT2D eigenvalue weighted by atomic mass is 16.2. The maximum absolute atomic E-state index is 11.2. The number of hydrogen-bond donors (Lipinski definition) is 4. The zero-order chi connectivity index (χ0) is 11.8. The van der Waals surface area contributed by atoms with Gasteiger partial charge in [0, 0.05) is 20.0 Å². The van der Waals surface area contributed by atoms with Gasteiger partial charge in [0.15, 0.2) is 0 Å². The van der Waals surface area contributed by atoms with Crippen LogP contribution in [-0.4, -0.2) is 36.9 Å². The summed E-state index contributed by atoms with van der Waals surface area (Å²) < 4.78 is 0. The molecule has 0 aromatic carbocycles. The van der Waals surface area contributed by atoms with Gasteiger partial charge >= 0.3 is 0 Å². The van der Waals surface area contributed by atoms with Crippen molar-refractivity contribution in [2.45, 2.75) is 19.4 Å². The average molecular weight is 216 g/mol. The van der Waals surface area contributed by atoms with Gasteiger partial charge in [-0.15, -0.1) is 0 Å². The Balaban J connectivity index is 3.64. The van der Waals surface area contributed by atoms with Gasteiger partial charge in [-0.1, -0.05) is 0 Å². The molecule has 0 aliphatic rings. The normalized spacial score (nSPS) is 11.6. The van der Waals surface area contributed by atoms with Crippen LogP contribution in [0.3, 0.4) is 0 Å². The fraction of sp³-hybridized carbons (Fsp3) is 0.625. The van der Waals surface area contributed by atoms with E-state index in [1.54, 1.807) is 0 Å². The Kier molecular flexibility index (Phi) is 6.03. The Morgan fingerprint density at radius 2 is 1.73 bits per heavy atom. The molecule has 7 heteroatoms. The number of nitrogens with one attached hydrogen (secondary N) is 2. The van der Waals surface area contributed by atoms with Gasteiger partial charge in [-0.3, -0.25) is 14.4 Å². The zero-order valence-electron chi connectivity index (χ0n) is 8.58. The van der Waals surface area contributed by atoms with Crippen molar-refractivity contribution in [3.63, 3.8) is 0 Å². The monoisotopic (exact) mass is 216 g/mol. The van der Waals surface area contributed by atoms with E-state index < -0.39 is 17.9 Å². The van der Waals surface area contributed by atoms with E-state index in [2.05, 4.69) is 10.6 Å². The van der Waals surface area contributed by atoms with E-state index in [-0.39, 0.29) is 18.9 Å². The third kappa shape index (κ3) is 7.44. The number of rotatable bonds is 6. The lowest BCUT2D eigenvalue weighted by atomic mass is 10.2. The lowest BCUT2D eigenvalue weighted by Crippen LogP contribution is -2.45. The summed E-state index contributed by atoms with van der Waals surface area (Å²) in [6, 6.07) is -0.931. The van der Waals surface area contributed by atoms with Crippen LogP contribution in [0.4, 0.5) is 0 Å². The third-order valence-corrected chi connectivity index (χ3v) is 1.56. The van der Waals surface area contributed by atoms with Crippen molar-refractivity contribution in [2.24, 2.45) is 11.5 Å². The number of carbonyl (C=O) groups excluding carboxylic acids is 3. The fourth-order valence-electron chi connectivity index (χ4n) is 0.865. The summed E-state index contributed by atoms with van der Waals surface area (Å²) in [5, 5.41) is 4.95. The number of nitrogens with two attached hydrogens (primary N) is 2. The van der Waals surface area contributed by atoms with Gasteiger partial charge in [0.05, 0.1) is 12.5 Å². The Hall–Kier alpha value is -1.63. The summed E-state index contributed by atoms with van der Waals surface area (Å²) in [5.41, 5.74) is 10.2. The van der Waals surface area contributed by atoms with E-state index >= 15 is 0 Å². The summed E-state index contributed by atoms with van der Waals surface area (Å²) in [7, 11) is 0. The van der Waals surface area contributed by atoms with Crippen LogP contribution in [0, 0.1) is 0 Å². The Morgan fingerprint density at radius 3 is 2.20 bits per heavy atom. The highest BCUT2D eigenvalue weighted by molar-refractivity contribution is 5.87. The molecular formula is C8H16N4O3. The second-order valence-electron chi connectivity index (χ2n) is 3.05. The molecule has 7 nitrogen and oxygen atoms in total. The molecule has 0 aromatic heterocycles. The molecular weight excluding hydrogens is 200 g/mol. The Labute approximate surface area is 87.6 Å². The van der Waals surface area contributed by atoms with Crippen LogP contribution in [0.1, 0.15) is 13.3 Å². The molecule has 0 heterocycles. The minimum Gasteiger partial charge on any atom is -0.370 e. The van der Waals surface area contributed by atoms with Gasteiger partial charge in [0.25, 0.3) is 0 Å². The van der Waals surface area contributed by atoms with E-state index in [1.165, 1.54) is 6.92 Å². The highest BCUT2D eigenvalue weighted by Gasteiger charge is 2.14. The van der Waals surface area contributed by atoms with Gasteiger partial charge in [-0.25, -0.2) is 0 Å². The quantitative estimate of drug-likeness (QED) is 0.364. The summed E-state index contributed by atoms with van der Waals surface area (Å²) in [6.45, 7) is 1.97. The number of hydrogen-bond acceptors (Lipinski definition) is 4. The van der Waals surface area contributed by atoms with Crippen molar-refractivity contribution in [2.75, 3.05) is 13.1 Å². The van der Waals surface area contributed by atoms with Crippen molar-refractivity contribution in [1.29, 1.82) is 0 Å². The summed E-state index contributed by atoms with van der Waals surface area (Å²) in [4.78, 5) is 32.1. The van der Waals surface area contributed by atoms with Gasteiger partial charge in [0.2, 0.25) is 17.7 Å². The molecule has 86 valence electrons. The van der Waals surface area contributed by atoms with Crippen LogP contribution in [0.5, 0.6) is 0 Å². The number of carbonyl (C=O) groups is 3. The van der Waals surface area contributed by atoms with Gasteiger partial charge in [-0.2, -0.15) is 0 Å². The molecule has 0 aliphatic carbocycles. The van der Waals surface area contributed by atoms with Gasteiger partial charge < -0.3 is 22.1 Å². The molecule has 1 atom stereocenters. The minimum atomic E-state index is -0.931. The van der Waals surface area contributed by atoms with Crippen LogP contribution in [0.2, 0.25) is 0 Å². The maximum atomic E-state index is 11.2. The predicted molar refractivity (Wildman–Crippen MR) is 53.5 cm³/mol. The predicted octanol–water partition coefficient (Wildman–Crippen LogP) is -2.56. The van der Waals surface area contributed by atoms with Crippen molar-refractivity contribution in [3.05, 3.63) is 0 Å². The molecule has 0 bridgehead atoms. The molecule has 3 amide bonds. The molecule has 0 saturated heterocycles. The maximum Gasteiger partial charge on any atom is 0.237 e. The molecule has 6 N–H and O–H groups in total. The van der Waals surface area contributed by atoms with Crippen LogP contribution in [0.25, 0.3) is 0 Å². The first kappa shape index (κ1) is 13.4. The summed E-state index contributed by atoms with van der Waals surface area (Å²) in [6.07, 6.45) is -0.189. The van der Waals surface area contributed by atoms with Crippen LogP contribution < -0.4 is 22.1 Å². The molecule has 0 spiro atoms. The van der Waals surface area contributed by atoms with E-state index in [0.717, 1.165) is 0 Å². The van der Waals surface area contributed by atoms with Crippen molar-refractivity contribution >= 4 is 17.7 Å². The smallest absolute Gasteiger partial charge is 0.237 e. The van der Waals surface area contributed by atoms with E-state index in [9.17, 15) is 14.4 Å². The lowest BCUT2D eigenvalue weighted by molar-refractivity contribution is -0.126. The largest absolute Gasteiger partial charge is 0.370 e. The standard InChI is InChI=1S/C8H16N4O3/c1-5(13)11-2-3-12-8(15)6(9)4-7(10)14/h6H,2-4,9H2,1H3,(H2,10,14)(H,11,13)(H,12,15). The van der Waals surface area contributed by atoms with E-state index in [4.69, 9.17) is 11.5 Å². The van der Waals surface area contributed by atoms with E-state index in [0.29, 0.717) is 6.54 Å². The second-order valence-corrected chi connectivity index (χ2v) is 3.05. The SMILES string of the molecule is CC(=O)NCCNC(=O)C(N)CC(N)=O. The first-order valence-corrected chi connectivity index (χ1v) is 4.49. The third-order valence-electron chi connectivity index (χ3n) is 1.56. The van der Waals surface area contributed by atoms with Crippen LogP contribution in [0.15, 0.2) is 0 Å². The molecule has 1 unspecified atom stereocenters. The van der Waals surface area contributed by atoms with Crippen LogP contribution >= 0.6 is 0 Å². The second kappa shape index (κ2) is 6.77. The zero-order valence-corrected chi connectivity index (χ0v) is 8.58. The number of amides is 3. The van der Waals surface area contributed by atoms with Crippen molar-refractivity contribution in [1.82, 2.24) is 10.6 Å². The first-order chi connectivity index (χ1) is 6.93. The molecule has 0 radical (unpaired) electrons. The van der Waals surface area contributed by atoms with Gasteiger partial charge in [0.1, 0.15) is 0 Å². The summed E-state index contributed by atoms with van der Waals surface area (Å²) in [5.74, 6) is -1.26. The minimum absolute atomic E-state index is 0.175. The molecule has 0 aromatic rings.